The van der Waals surface area contributed by atoms with Crippen LogP contribution in [0.5, 0.6) is 0 Å². The van der Waals surface area contributed by atoms with E-state index in [4.69, 9.17) is 5.73 Å². The van der Waals surface area contributed by atoms with E-state index in [1.54, 1.807) is 10.9 Å². The zero-order chi connectivity index (χ0) is 14.7. The fourth-order valence-electron chi connectivity index (χ4n) is 2.47. The minimum Gasteiger partial charge on any atom is -0.383 e. The number of anilines is 1. The molecule has 0 atom stereocenters. The van der Waals surface area contributed by atoms with E-state index in [1.807, 2.05) is 31.3 Å². The van der Waals surface area contributed by atoms with Gasteiger partial charge >= 0.3 is 0 Å². The summed E-state index contributed by atoms with van der Waals surface area (Å²) < 4.78 is 1.73. The van der Waals surface area contributed by atoms with Gasteiger partial charge in [-0.3, -0.25) is 9.67 Å². The summed E-state index contributed by atoms with van der Waals surface area (Å²) in [5.74, 6) is 0.664. The van der Waals surface area contributed by atoms with Crippen LogP contribution in [-0.4, -0.2) is 14.8 Å². The zero-order valence-electron chi connectivity index (χ0n) is 12.0. The summed E-state index contributed by atoms with van der Waals surface area (Å²) in [5, 5.41) is 4.55. The monoisotopic (exact) mass is 278 g/mol. The van der Waals surface area contributed by atoms with Crippen LogP contribution in [0, 0.1) is 0 Å². The first-order valence-electron chi connectivity index (χ1n) is 7.02. The van der Waals surface area contributed by atoms with Crippen LogP contribution in [0.15, 0.2) is 54.7 Å². The molecule has 2 heterocycles. The summed E-state index contributed by atoms with van der Waals surface area (Å²) in [5.41, 5.74) is 10.3. The van der Waals surface area contributed by atoms with E-state index in [9.17, 15) is 0 Å². The number of rotatable bonds is 4. The fourth-order valence-corrected chi connectivity index (χ4v) is 2.47. The molecule has 0 aliphatic rings. The lowest BCUT2D eigenvalue weighted by Gasteiger charge is -2.03. The van der Waals surface area contributed by atoms with E-state index in [0.717, 1.165) is 29.8 Å². The van der Waals surface area contributed by atoms with Crippen molar-refractivity contribution in [2.75, 3.05) is 5.73 Å². The Balaban J connectivity index is 1.91. The van der Waals surface area contributed by atoms with Crippen LogP contribution in [0.2, 0.25) is 0 Å². The third-order valence-electron chi connectivity index (χ3n) is 3.58. The molecule has 2 aromatic heterocycles. The summed E-state index contributed by atoms with van der Waals surface area (Å²) in [6.45, 7) is 0. The molecule has 0 fully saturated rings. The van der Waals surface area contributed by atoms with Gasteiger partial charge in [-0.05, 0) is 30.5 Å². The Bertz CT molecular complexity index is 717. The van der Waals surface area contributed by atoms with Crippen LogP contribution in [-0.2, 0) is 19.9 Å². The second-order valence-electron chi connectivity index (χ2n) is 5.03. The first-order valence-corrected chi connectivity index (χ1v) is 7.02. The molecule has 2 N–H and O–H groups in total. The fraction of sp³-hybridized carbons (Fsp3) is 0.176. The Labute approximate surface area is 124 Å². The van der Waals surface area contributed by atoms with Gasteiger partial charge in [-0.25, -0.2) is 0 Å². The van der Waals surface area contributed by atoms with Crippen molar-refractivity contribution in [1.82, 2.24) is 14.8 Å². The normalized spacial score (nSPS) is 10.7. The molecule has 3 aromatic rings. The van der Waals surface area contributed by atoms with Gasteiger partial charge in [0.25, 0.3) is 0 Å². The zero-order valence-corrected chi connectivity index (χ0v) is 12.0. The number of pyridine rings is 1. The molecule has 0 bridgehead atoms. The SMILES string of the molecule is Cn1nc(CCc2ccccc2)c(-c2ccccn2)c1N. The summed E-state index contributed by atoms with van der Waals surface area (Å²) >= 11 is 0. The van der Waals surface area contributed by atoms with Crippen LogP contribution >= 0.6 is 0 Å². The molecule has 0 radical (unpaired) electrons. The van der Waals surface area contributed by atoms with Gasteiger partial charge in [-0.2, -0.15) is 5.10 Å². The van der Waals surface area contributed by atoms with Crippen molar-refractivity contribution in [2.24, 2.45) is 7.05 Å². The van der Waals surface area contributed by atoms with E-state index < -0.39 is 0 Å². The van der Waals surface area contributed by atoms with E-state index in [2.05, 4.69) is 34.3 Å². The molecule has 4 nitrogen and oxygen atoms in total. The molecule has 0 saturated carbocycles. The topological polar surface area (TPSA) is 56.7 Å². The van der Waals surface area contributed by atoms with Crippen molar-refractivity contribution in [2.45, 2.75) is 12.8 Å². The molecule has 4 heteroatoms. The molecule has 0 aliphatic carbocycles. The van der Waals surface area contributed by atoms with Gasteiger partial charge in [-0.15, -0.1) is 0 Å². The summed E-state index contributed by atoms with van der Waals surface area (Å²) in [4.78, 5) is 4.41. The lowest BCUT2D eigenvalue weighted by molar-refractivity contribution is 0.745. The van der Waals surface area contributed by atoms with Gasteiger partial charge in [0, 0.05) is 13.2 Å². The van der Waals surface area contributed by atoms with Crippen LogP contribution in [0.25, 0.3) is 11.3 Å². The molecule has 0 saturated heterocycles. The molecule has 21 heavy (non-hydrogen) atoms. The largest absolute Gasteiger partial charge is 0.383 e. The van der Waals surface area contributed by atoms with Gasteiger partial charge in [0.15, 0.2) is 0 Å². The van der Waals surface area contributed by atoms with E-state index in [1.165, 1.54) is 5.56 Å². The first kappa shape index (κ1) is 13.4. The molecule has 106 valence electrons. The van der Waals surface area contributed by atoms with E-state index in [0.29, 0.717) is 5.82 Å². The maximum absolute atomic E-state index is 6.16. The van der Waals surface area contributed by atoms with Gasteiger partial charge in [-0.1, -0.05) is 36.4 Å². The Morgan fingerprint density at radius 3 is 2.48 bits per heavy atom. The molecule has 1 aromatic carbocycles. The number of nitrogen functional groups attached to an aromatic ring is 1. The van der Waals surface area contributed by atoms with Crippen molar-refractivity contribution in [3.05, 3.63) is 66.0 Å². The Hall–Kier alpha value is -2.62. The van der Waals surface area contributed by atoms with E-state index in [-0.39, 0.29) is 0 Å². The van der Waals surface area contributed by atoms with E-state index >= 15 is 0 Å². The summed E-state index contributed by atoms with van der Waals surface area (Å²) in [6.07, 6.45) is 3.57. The summed E-state index contributed by atoms with van der Waals surface area (Å²) in [7, 11) is 1.87. The maximum atomic E-state index is 6.16. The molecule has 0 spiro atoms. The molecular weight excluding hydrogens is 260 g/mol. The average Bonchev–Trinajstić information content (AvgIpc) is 2.82. The van der Waals surface area contributed by atoms with Crippen LogP contribution in [0.3, 0.4) is 0 Å². The third-order valence-corrected chi connectivity index (χ3v) is 3.58. The number of hydrogen-bond donors (Lipinski definition) is 1. The predicted octanol–water partition coefficient (Wildman–Crippen LogP) is 2.85. The van der Waals surface area contributed by atoms with Gasteiger partial charge in [0.05, 0.1) is 17.0 Å². The van der Waals surface area contributed by atoms with Gasteiger partial charge in [0.1, 0.15) is 5.82 Å². The third kappa shape index (κ3) is 2.79. The number of hydrogen-bond acceptors (Lipinski definition) is 3. The molecule has 0 aliphatic heterocycles. The minimum absolute atomic E-state index is 0.664. The van der Waals surface area contributed by atoms with Crippen molar-refractivity contribution in [3.63, 3.8) is 0 Å². The first-order chi connectivity index (χ1) is 10.3. The Morgan fingerprint density at radius 1 is 1.00 bits per heavy atom. The number of aryl methyl sites for hydroxylation is 3. The van der Waals surface area contributed by atoms with Gasteiger partial charge < -0.3 is 5.73 Å². The second kappa shape index (κ2) is 5.79. The van der Waals surface area contributed by atoms with Crippen molar-refractivity contribution in [1.29, 1.82) is 0 Å². The smallest absolute Gasteiger partial charge is 0.131 e. The van der Waals surface area contributed by atoms with Crippen LogP contribution < -0.4 is 5.73 Å². The highest BCUT2D eigenvalue weighted by atomic mass is 15.3. The number of nitrogens with two attached hydrogens (primary N) is 1. The Kier molecular flexibility index (Phi) is 3.69. The molecule has 3 rings (SSSR count). The Morgan fingerprint density at radius 2 is 1.76 bits per heavy atom. The van der Waals surface area contributed by atoms with Crippen molar-refractivity contribution < 1.29 is 0 Å². The van der Waals surface area contributed by atoms with Gasteiger partial charge in [0.2, 0.25) is 0 Å². The highest BCUT2D eigenvalue weighted by molar-refractivity contribution is 5.73. The number of aromatic nitrogens is 3. The highest BCUT2D eigenvalue weighted by Crippen LogP contribution is 2.28. The molecular formula is C17H18N4. The number of nitrogens with zero attached hydrogens (tertiary/aromatic N) is 3. The summed E-state index contributed by atoms with van der Waals surface area (Å²) in [6, 6.07) is 16.2. The number of benzene rings is 1. The van der Waals surface area contributed by atoms with Crippen molar-refractivity contribution in [3.8, 4) is 11.3 Å². The van der Waals surface area contributed by atoms with Crippen LogP contribution in [0.4, 0.5) is 5.82 Å². The average molecular weight is 278 g/mol. The second-order valence-corrected chi connectivity index (χ2v) is 5.03. The minimum atomic E-state index is 0.664. The predicted molar refractivity (Wildman–Crippen MR) is 84.7 cm³/mol. The lowest BCUT2D eigenvalue weighted by Crippen LogP contribution is -1.98. The molecule has 0 unspecified atom stereocenters. The highest BCUT2D eigenvalue weighted by Gasteiger charge is 2.16. The van der Waals surface area contributed by atoms with Crippen molar-refractivity contribution >= 4 is 5.82 Å². The molecule has 0 amide bonds. The quantitative estimate of drug-likeness (QED) is 0.798. The maximum Gasteiger partial charge on any atom is 0.131 e. The lowest BCUT2D eigenvalue weighted by atomic mass is 10.0. The standard InChI is InChI=1S/C17H18N4/c1-21-17(18)16(14-9-5-6-12-19-14)15(20-21)11-10-13-7-3-2-4-8-13/h2-9,12H,10-11,18H2,1H3. The van der Waals surface area contributed by atoms with Crippen LogP contribution in [0.1, 0.15) is 11.3 Å².